The molecule has 35 heavy (non-hydrogen) atoms. The summed E-state index contributed by atoms with van der Waals surface area (Å²) < 4.78 is 0. The van der Waals surface area contributed by atoms with Crippen molar-refractivity contribution < 1.29 is 9.59 Å². The first-order valence-corrected chi connectivity index (χ1v) is 12.7. The summed E-state index contributed by atoms with van der Waals surface area (Å²) in [6, 6.07) is -1.16. The summed E-state index contributed by atoms with van der Waals surface area (Å²) in [6.07, 6.45) is 12.2. The molecule has 12 N–H and O–H groups in total. The number of rotatable bonds is 19. The molecule has 3 atom stereocenters. The number of likely N-dealkylation sites (N-methyl/N-ethyl adjacent to an activating group) is 1. The van der Waals surface area contributed by atoms with Gasteiger partial charge in [-0.05, 0) is 78.0 Å². The van der Waals surface area contributed by atoms with Crippen LogP contribution in [-0.4, -0.2) is 75.7 Å². The van der Waals surface area contributed by atoms with Crippen molar-refractivity contribution >= 4 is 17.8 Å². The van der Waals surface area contributed by atoms with Crippen molar-refractivity contribution in [2.24, 2.45) is 27.9 Å². The van der Waals surface area contributed by atoms with E-state index >= 15 is 0 Å². The van der Waals surface area contributed by atoms with E-state index in [9.17, 15) is 9.59 Å². The van der Waals surface area contributed by atoms with Crippen LogP contribution in [0.1, 0.15) is 51.4 Å². The molecule has 0 heterocycles. The molecule has 0 bridgehead atoms. The number of allylic oxidation sites excluding steroid dienone is 2. The molecule has 200 valence electrons. The van der Waals surface area contributed by atoms with Crippen LogP contribution in [-0.2, 0) is 9.59 Å². The maximum absolute atomic E-state index is 12.9. The fraction of sp³-hybridized carbons (Fsp3) is 0.708. The second-order valence-electron chi connectivity index (χ2n) is 8.79. The molecule has 0 aromatic heterocycles. The molecule has 0 radical (unpaired) electrons. The number of amides is 2. The van der Waals surface area contributed by atoms with Gasteiger partial charge in [0.25, 0.3) is 0 Å². The summed E-state index contributed by atoms with van der Waals surface area (Å²) >= 11 is 0. The molecular formula is C24H47N9O2. The van der Waals surface area contributed by atoms with Crippen LogP contribution in [0.4, 0.5) is 0 Å². The van der Waals surface area contributed by atoms with E-state index in [1.165, 1.54) is 5.57 Å². The van der Waals surface area contributed by atoms with Gasteiger partial charge in [-0.1, -0.05) is 23.8 Å². The number of hydrogen-bond donors (Lipinski definition) is 8. The molecule has 1 aliphatic rings. The highest BCUT2D eigenvalue weighted by atomic mass is 16.2. The lowest BCUT2D eigenvalue weighted by atomic mass is 9.93. The number of aliphatic imine (C=N–C) groups is 1. The summed E-state index contributed by atoms with van der Waals surface area (Å²) in [4.78, 5) is 29.5. The monoisotopic (exact) mass is 493 g/mol. The first kappa shape index (κ1) is 30.6. The van der Waals surface area contributed by atoms with Crippen molar-refractivity contribution in [3.8, 4) is 0 Å². The Labute approximate surface area is 210 Å². The lowest BCUT2D eigenvalue weighted by Crippen LogP contribution is -2.52. The molecular weight excluding hydrogens is 446 g/mol. The average Bonchev–Trinajstić information content (AvgIpc) is 2.85. The molecule has 0 spiro atoms. The van der Waals surface area contributed by atoms with Crippen molar-refractivity contribution in [2.75, 3.05) is 39.8 Å². The number of guanidine groups is 1. The molecule has 0 aliphatic heterocycles. The van der Waals surface area contributed by atoms with Crippen LogP contribution in [0.25, 0.3) is 0 Å². The minimum atomic E-state index is -0.737. The van der Waals surface area contributed by atoms with Gasteiger partial charge in [0.15, 0.2) is 5.96 Å². The van der Waals surface area contributed by atoms with Gasteiger partial charge < -0.3 is 44.2 Å². The first-order chi connectivity index (χ1) is 16.9. The van der Waals surface area contributed by atoms with Crippen LogP contribution < -0.4 is 44.2 Å². The number of carbonyl (C=O) groups excluding carboxylic acids is 2. The van der Waals surface area contributed by atoms with Crippen LogP contribution in [0.5, 0.6) is 0 Å². The minimum absolute atomic E-state index is 0.0113. The highest BCUT2D eigenvalue weighted by Crippen LogP contribution is 2.19. The van der Waals surface area contributed by atoms with Crippen molar-refractivity contribution in [1.29, 1.82) is 0 Å². The maximum atomic E-state index is 12.9. The zero-order chi connectivity index (χ0) is 25.9. The van der Waals surface area contributed by atoms with Gasteiger partial charge in [-0.3, -0.25) is 14.6 Å². The largest absolute Gasteiger partial charge is 0.370 e. The second-order valence-corrected chi connectivity index (χ2v) is 8.79. The number of hydrogen-bond acceptors (Lipinski definition) is 7. The Balaban J connectivity index is 2.59. The third kappa shape index (κ3) is 13.9. The number of nitrogens with one attached hydrogen (secondary N) is 4. The van der Waals surface area contributed by atoms with Crippen molar-refractivity contribution in [2.45, 2.75) is 69.5 Å². The summed E-state index contributed by atoms with van der Waals surface area (Å²) in [6.45, 7) is 3.37. The summed E-state index contributed by atoms with van der Waals surface area (Å²) in [5, 5.41) is 12.5. The van der Waals surface area contributed by atoms with Crippen molar-refractivity contribution in [3.63, 3.8) is 0 Å². The van der Waals surface area contributed by atoms with E-state index in [4.69, 9.17) is 22.9 Å². The highest BCUT2D eigenvalue weighted by Gasteiger charge is 2.24. The number of nitrogens with two attached hydrogens (primary N) is 4. The molecule has 0 aromatic rings. The van der Waals surface area contributed by atoms with E-state index in [-0.39, 0.29) is 23.8 Å². The lowest BCUT2D eigenvalue weighted by molar-refractivity contribution is -0.129. The Hall–Kier alpha value is -2.47. The normalized spacial score (nSPS) is 16.8. The van der Waals surface area contributed by atoms with Gasteiger partial charge >= 0.3 is 0 Å². The van der Waals surface area contributed by atoms with Crippen molar-refractivity contribution in [1.82, 2.24) is 21.3 Å². The predicted molar refractivity (Wildman–Crippen MR) is 143 cm³/mol. The van der Waals surface area contributed by atoms with Gasteiger partial charge in [0.05, 0.1) is 6.04 Å². The van der Waals surface area contributed by atoms with E-state index in [1.54, 1.807) is 0 Å². The molecule has 2 amide bonds. The number of nitrogens with zero attached hydrogens (tertiary/aromatic N) is 1. The third-order valence-corrected chi connectivity index (χ3v) is 5.91. The molecule has 0 aromatic carbocycles. The van der Waals surface area contributed by atoms with Gasteiger partial charge in [0.2, 0.25) is 11.8 Å². The fourth-order valence-corrected chi connectivity index (χ4v) is 3.81. The van der Waals surface area contributed by atoms with E-state index in [0.29, 0.717) is 45.3 Å². The molecule has 2 unspecified atom stereocenters. The lowest BCUT2D eigenvalue weighted by Gasteiger charge is -2.24. The molecule has 1 rings (SSSR count). The quantitative estimate of drug-likeness (QED) is 0.0632. The van der Waals surface area contributed by atoms with Gasteiger partial charge in [-0.2, -0.15) is 0 Å². The standard InChI is InChI=1S/C24H47N9O2/c1-29-20-10-3-2-8-18(20)11-12-21(23(35)31-17-7-15-30-14-5-4-13-25)33-22(34)19(26)9-6-16-32-24(27)28/h2-3,8,19-21,29-30H,4-7,9-17,25-26H2,1H3,(H,31,35)(H,33,34)(H4,27,28,32)/t19?,20-,21?/m1/s1. The van der Waals surface area contributed by atoms with Crippen LogP contribution in [0, 0.1) is 0 Å². The number of unbranched alkanes of at least 4 members (excludes halogenated alkanes) is 1. The Kier molecular flexibility index (Phi) is 16.4. The zero-order valence-corrected chi connectivity index (χ0v) is 21.2. The fourth-order valence-electron chi connectivity index (χ4n) is 3.81. The Morgan fingerprint density at radius 1 is 1.09 bits per heavy atom. The Morgan fingerprint density at radius 3 is 2.57 bits per heavy atom. The zero-order valence-electron chi connectivity index (χ0n) is 21.2. The van der Waals surface area contributed by atoms with Crippen molar-refractivity contribution in [3.05, 3.63) is 23.8 Å². The molecule has 0 fully saturated rings. The average molecular weight is 494 g/mol. The summed E-state index contributed by atoms with van der Waals surface area (Å²) in [7, 11) is 1.93. The molecule has 0 saturated heterocycles. The molecule has 1 aliphatic carbocycles. The van der Waals surface area contributed by atoms with E-state index in [2.05, 4.69) is 38.4 Å². The first-order valence-electron chi connectivity index (χ1n) is 12.7. The van der Waals surface area contributed by atoms with Crippen LogP contribution in [0.15, 0.2) is 28.8 Å². The minimum Gasteiger partial charge on any atom is -0.370 e. The summed E-state index contributed by atoms with van der Waals surface area (Å²) in [5.74, 6) is -0.529. The smallest absolute Gasteiger partial charge is 0.242 e. The van der Waals surface area contributed by atoms with Gasteiger partial charge in [0, 0.05) is 19.1 Å². The molecule has 11 nitrogen and oxygen atoms in total. The molecule has 11 heteroatoms. The third-order valence-electron chi connectivity index (χ3n) is 5.91. The van der Waals surface area contributed by atoms with Crippen LogP contribution in [0.3, 0.4) is 0 Å². The molecule has 0 saturated carbocycles. The van der Waals surface area contributed by atoms with E-state index in [0.717, 1.165) is 38.8 Å². The topological polar surface area (TPSA) is 199 Å². The van der Waals surface area contributed by atoms with Crippen LogP contribution in [0.2, 0.25) is 0 Å². The second kappa shape index (κ2) is 18.8. The Bertz CT molecular complexity index is 705. The highest BCUT2D eigenvalue weighted by molar-refractivity contribution is 5.89. The Morgan fingerprint density at radius 2 is 1.86 bits per heavy atom. The SMILES string of the molecule is CN[C@@H]1CC=CC=C1CCC(NC(=O)C(N)CCCN=C(N)N)C(=O)NCCCNCCCCN. The van der Waals surface area contributed by atoms with Gasteiger partial charge in [0.1, 0.15) is 6.04 Å². The van der Waals surface area contributed by atoms with Crippen LogP contribution >= 0.6 is 0 Å². The van der Waals surface area contributed by atoms with Gasteiger partial charge in [-0.15, -0.1) is 0 Å². The maximum Gasteiger partial charge on any atom is 0.242 e. The predicted octanol–water partition coefficient (Wildman–Crippen LogP) is -1.06. The van der Waals surface area contributed by atoms with E-state index < -0.39 is 12.1 Å². The van der Waals surface area contributed by atoms with Gasteiger partial charge in [-0.25, -0.2) is 0 Å². The summed E-state index contributed by atoms with van der Waals surface area (Å²) in [5.41, 5.74) is 23.4. The van der Waals surface area contributed by atoms with E-state index in [1.807, 2.05) is 13.1 Å². The number of carbonyl (C=O) groups is 2.